The number of nitrogens with one attached hydrogen (secondary N) is 2. The first kappa shape index (κ1) is 18.3. The summed E-state index contributed by atoms with van der Waals surface area (Å²) in [6, 6.07) is 11.0. The number of carbonyl (C=O) groups is 2. The van der Waals surface area contributed by atoms with E-state index in [0.29, 0.717) is 23.8 Å². The van der Waals surface area contributed by atoms with Crippen molar-refractivity contribution in [3.8, 4) is 10.7 Å². The topological polar surface area (TPSA) is 97.1 Å². The molecule has 0 saturated carbocycles. The summed E-state index contributed by atoms with van der Waals surface area (Å²) in [5.74, 6) is 0.359. The number of carbonyl (C=O) groups excluding carboxylic acids is 2. The van der Waals surface area contributed by atoms with Gasteiger partial charge in [-0.25, -0.2) is 0 Å². The van der Waals surface area contributed by atoms with Crippen molar-refractivity contribution >= 4 is 44.8 Å². The SMILES string of the molecule is O=C(CCc1nc(-c2cccs2)no1)NCC(=O)Nc1ccc(Br)cc1. The van der Waals surface area contributed by atoms with Crippen molar-refractivity contribution in [1.82, 2.24) is 15.5 Å². The van der Waals surface area contributed by atoms with Crippen LogP contribution in [0.2, 0.25) is 0 Å². The van der Waals surface area contributed by atoms with Gasteiger partial charge in [0, 0.05) is 23.0 Å². The molecule has 3 rings (SSSR count). The summed E-state index contributed by atoms with van der Waals surface area (Å²) in [4.78, 5) is 28.9. The van der Waals surface area contributed by atoms with Crippen molar-refractivity contribution in [1.29, 1.82) is 0 Å². The highest BCUT2D eigenvalue weighted by Crippen LogP contribution is 2.21. The average molecular weight is 435 g/mol. The zero-order valence-electron chi connectivity index (χ0n) is 13.6. The minimum Gasteiger partial charge on any atom is -0.347 e. The zero-order chi connectivity index (χ0) is 18.4. The van der Waals surface area contributed by atoms with Crippen molar-refractivity contribution in [2.24, 2.45) is 0 Å². The number of anilines is 1. The van der Waals surface area contributed by atoms with Crippen LogP contribution in [0.1, 0.15) is 12.3 Å². The first-order valence-corrected chi connectivity index (χ1v) is 9.46. The van der Waals surface area contributed by atoms with E-state index in [0.717, 1.165) is 9.35 Å². The molecule has 3 aromatic rings. The largest absolute Gasteiger partial charge is 0.347 e. The molecule has 0 fully saturated rings. The van der Waals surface area contributed by atoms with E-state index in [1.54, 1.807) is 12.1 Å². The van der Waals surface area contributed by atoms with Crippen LogP contribution < -0.4 is 10.6 Å². The molecule has 2 amide bonds. The molecule has 0 aliphatic heterocycles. The maximum absolute atomic E-state index is 11.9. The third-order valence-electron chi connectivity index (χ3n) is 3.35. The molecule has 0 atom stereocenters. The maximum atomic E-state index is 11.9. The molecule has 9 heteroatoms. The molecule has 7 nitrogen and oxygen atoms in total. The summed E-state index contributed by atoms with van der Waals surface area (Å²) in [5.41, 5.74) is 0.666. The Morgan fingerprint density at radius 3 is 2.69 bits per heavy atom. The van der Waals surface area contributed by atoms with Gasteiger partial charge in [0.1, 0.15) is 0 Å². The number of hydrogen-bond acceptors (Lipinski definition) is 6. The van der Waals surface area contributed by atoms with E-state index < -0.39 is 0 Å². The standard InChI is InChI=1S/C17H15BrN4O3S/c18-11-3-5-12(6-4-11)20-15(24)10-19-14(23)7-8-16-21-17(22-25-16)13-2-1-9-26-13/h1-6,9H,7-8,10H2,(H,19,23)(H,20,24). The highest BCUT2D eigenvalue weighted by molar-refractivity contribution is 9.10. The predicted molar refractivity (Wildman–Crippen MR) is 102 cm³/mol. The number of nitrogens with zero attached hydrogens (tertiary/aromatic N) is 2. The maximum Gasteiger partial charge on any atom is 0.243 e. The summed E-state index contributed by atoms with van der Waals surface area (Å²) in [6.07, 6.45) is 0.482. The summed E-state index contributed by atoms with van der Waals surface area (Å²) >= 11 is 4.84. The number of aromatic nitrogens is 2. The molecule has 134 valence electrons. The second-order valence-corrected chi connectivity index (χ2v) is 7.18. The lowest BCUT2D eigenvalue weighted by Crippen LogP contribution is -2.32. The van der Waals surface area contributed by atoms with E-state index in [-0.39, 0.29) is 24.8 Å². The number of hydrogen-bond donors (Lipinski definition) is 2. The Hall–Kier alpha value is -2.52. The van der Waals surface area contributed by atoms with E-state index in [9.17, 15) is 9.59 Å². The lowest BCUT2D eigenvalue weighted by Gasteiger charge is -2.06. The summed E-state index contributed by atoms with van der Waals surface area (Å²) < 4.78 is 6.06. The van der Waals surface area contributed by atoms with Crippen molar-refractivity contribution in [2.75, 3.05) is 11.9 Å². The molecule has 2 heterocycles. The molecule has 2 N–H and O–H groups in total. The molecule has 1 aromatic carbocycles. The van der Waals surface area contributed by atoms with Crippen LogP contribution >= 0.6 is 27.3 Å². The van der Waals surface area contributed by atoms with E-state index in [1.807, 2.05) is 29.6 Å². The van der Waals surface area contributed by atoms with Gasteiger partial charge in [-0.2, -0.15) is 4.98 Å². The van der Waals surface area contributed by atoms with Crippen molar-refractivity contribution < 1.29 is 14.1 Å². The number of aryl methyl sites for hydroxylation is 1. The Morgan fingerprint density at radius 2 is 1.96 bits per heavy atom. The monoisotopic (exact) mass is 434 g/mol. The fourth-order valence-corrected chi connectivity index (χ4v) is 3.00. The summed E-state index contributed by atoms with van der Waals surface area (Å²) in [6.45, 7) is -0.0980. The Morgan fingerprint density at radius 1 is 1.15 bits per heavy atom. The first-order chi connectivity index (χ1) is 12.6. The van der Waals surface area contributed by atoms with Gasteiger partial charge in [-0.3, -0.25) is 9.59 Å². The smallest absolute Gasteiger partial charge is 0.243 e. The third-order valence-corrected chi connectivity index (χ3v) is 4.74. The predicted octanol–water partition coefficient (Wildman–Crippen LogP) is 3.25. The van der Waals surface area contributed by atoms with Crippen LogP contribution in [0, 0.1) is 0 Å². The van der Waals surface area contributed by atoms with Crippen LogP contribution in [0.4, 0.5) is 5.69 Å². The molecule has 26 heavy (non-hydrogen) atoms. The molecule has 2 aromatic heterocycles. The molecule has 0 aliphatic rings. The van der Waals surface area contributed by atoms with Crippen LogP contribution in [0.25, 0.3) is 10.7 Å². The fraction of sp³-hybridized carbons (Fsp3) is 0.176. The Labute approximate surface area is 161 Å². The van der Waals surface area contributed by atoms with Crippen LogP contribution in [0.5, 0.6) is 0 Å². The highest BCUT2D eigenvalue weighted by atomic mass is 79.9. The summed E-state index contributed by atoms with van der Waals surface area (Å²) in [5, 5.41) is 11.1. The highest BCUT2D eigenvalue weighted by Gasteiger charge is 2.12. The van der Waals surface area contributed by atoms with Gasteiger partial charge >= 0.3 is 0 Å². The fourth-order valence-electron chi connectivity index (χ4n) is 2.09. The van der Waals surface area contributed by atoms with Crippen LogP contribution in [-0.4, -0.2) is 28.5 Å². The molecule has 0 unspecified atom stereocenters. The minimum absolute atomic E-state index is 0.0980. The van der Waals surface area contributed by atoms with Gasteiger partial charge in [0.2, 0.25) is 23.5 Å². The number of rotatable bonds is 7. The number of halogens is 1. The normalized spacial score (nSPS) is 10.5. The lowest BCUT2D eigenvalue weighted by atomic mass is 10.3. The van der Waals surface area contributed by atoms with Gasteiger partial charge in [-0.1, -0.05) is 27.2 Å². The van der Waals surface area contributed by atoms with Gasteiger partial charge < -0.3 is 15.2 Å². The van der Waals surface area contributed by atoms with E-state index in [2.05, 4.69) is 36.7 Å². The average Bonchev–Trinajstić information content (AvgIpc) is 3.31. The van der Waals surface area contributed by atoms with E-state index in [4.69, 9.17) is 4.52 Å². The number of thiophene rings is 1. The molecule has 0 radical (unpaired) electrons. The Bertz CT molecular complexity index is 878. The van der Waals surface area contributed by atoms with E-state index >= 15 is 0 Å². The quantitative estimate of drug-likeness (QED) is 0.594. The number of benzene rings is 1. The van der Waals surface area contributed by atoms with Crippen LogP contribution in [-0.2, 0) is 16.0 Å². The molecule has 0 saturated heterocycles. The molecule has 0 spiro atoms. The molecule has 0 aliphatic carbocycles. The van der Waals surface area contributed by atoms with Crippen LogP contribution in [0.15, 0.2) is 50.8 Å². The third kappa shape index (κ3) is 5.24. The second kappa shape index (κ2) is 8.72. The van der Waals surface area contributed by atoms with Crippen LogP contribution in [0.3, 0.4) is 0 Å². The van der Waals surface area contributed by atoms with Gasteiger partial charge in [0.15, 0.2) is 0 Å². The van der Waals surface area contributed by atoms with Gasteiger partial charge in [0.05, 0.1) is 11.4 Å². The minimum atomic E-state index is -0.293. The van der Waals surface area contributed by atoms with Crippen molar-refractivity contribution in [3.05, 3.63) is 52.1 Å². The second-order valence-electron chi connectivity index (χ2n) is 5.32. The zero-order valence-corrected chi connectivity index (χ0v) is 16.0. The van der Waals surface area contributed by atoms with Gasteiger partial charge in [0.25, 0.3) is 0 Å². The molecular weight excluding hydrogens is 420 g/mol. The van der Waals surface area contributed by atoms with Crippen molar-refractivity contribution in [3.63, 3.8) is 0 Å². The molecular formula is C17H15BrN4O3S. The Kier molecular flexibility index (Phi) is 6.13. The van der Waals surface area contributed by atoms with Gasteiger partial charge in [-0.05, 0) is 35.7 Å². The number of amides is 2. The van der Waals surface area contributed by atoms with Crippen molar-refractivity contribution in [2.45, 2.75) is 12.8 Å². The Balaban J connectivity index is 1.40. The lowest BCUT2D eigenvalue weighted by molar-refractivity contribution is -0.124. The summed E-state index contributed by atoms with van der Waals surface area (Å²) in [7, 11) is 0. The first-order valence-electron chi connectivity index (χ1n) is 7.79. The van der Waals surface area contributed by atoms with E-state index in [1.165, 1.54) is 11.3 Å². The van der Waals surface area contributed by atoms with Gasteiger partial charge in [-0.15, -0.1) is 11.3 Å². The molecule has 0 bridgehead atoms.